The summed E-state index contributed by atoms with van der Waals surface area (Å²) in [6.45, 7) is 0. The largest absolute Gasteiger partial charge is 0.324 e. The third-order valence-electron chi connectivity index (χ3n) is 2.77. The van der Waals surface area contributed by atoms with E-state index in [4.69, 9.17) is 5.73 Å². The third-order valence-corrected chi connectivity index (χ3v) is 2.77. The predicted octanol–water partition coefficient (Wildman–Crippen LogP) is 3.35. The van der Waals surface area contributed by atoms with Crippen molar-refractivity contribution in [3.63, 3.8) is 0 Å². The fraction of sp³-hybridized carbons (Fsp3) is 0.143. The van der Waals surface area contributed by atoms with Crippen molar-refractivity contribution in [3.05, 3.63) is 71.0 Å². The van der Waals surface area contributed by atoms with Gasteiger partial charge in [-0.25, -0.2) is 13.2 Å². The molecular weight excluding hydrogens is 239 g/mol. The van der Waals surface area contributed by atoms with Gasteiger partial charge in [0.1, 0.15) is 5.82 Å². The zero-order chi connectivity index (χ0) is 13.1. The Kier molecular flexibility index (Phi) is 3.67. The molecule has 0 bridgehead atoms. The normalized spacial score (nSPS) is 12.4. The molecule has 2 aromatic rings. The van der Waals surface area contributed by atoms with Crippen molar-refractivity contribution in [2.45, 2.75) is 12.5 Å². The minimum Gasteiger partial charge on any atom is -0.324 e. The minimum atomic E-state index is -0.948. The minimum absolute atomic E-state index is 0.234. The van der Waals surface area contributed by atoms with Gasteiger partial charge in [0.15, 0.2) is 11.6 Å². The zero-order valence-electron chi connectivity index (χ0n) is 9.54. The average molecular weight is 251 g/mol. The van der Waals surface area contributed by atoms with Crippen LogP contribution in [0.2, 0.25) is 0 Å². The first kappa shape index (κ1) is 12.6. The van der Waals surface area contributed by atoms with Crippen molar-refractivity contribution in [2.75, 3.05) is 0 Å². The topological polar surface area (TPSA) is 26.0 Å². The first-order valence-electron chi connectivity index (χ1n) is 5.52. The first-order chi connectivity index (χ1) is 8.58. The van der Waals surface area contributed by atoms with Crippen LogP contribution < -0.4 is 5.73 Å². The molecule has 4 heteroatoms. The smallest absolute Gasteiger partial charge is 0.159 e. The first-order valence-corrected chi connectivity index (χ1v) is 5.52. The second-order valence-electron chi connectivity index (χ2n) is 4.08. The van der Waals surface area contributed by atoms with Gasteiger partial charge in [-0.3, -0.25) is 0 Å². The third kappa shape index (κ3) is 2.71. The summed E-state index contributed by atoms with van der Waals surface area (Å²) in [5.41, 5.74) is 6.75. The van der Waals surface area contributed by atoms with Gasteiger partial charge in [-0.15, -0.1) is 0 Å². The molecular formula is C14H12F3N. The molecule has 1 unspecified atom stereocenters. The van der Waals surface area contributed by atoms with E-state index in [1.165, 1.54) is 12.1 Å². The number of rotatable bonds is 3. The van der Waals surface area contributed by atoms with Crippen LogP contribution in [0.25, 0.3) is 0 Å². The van der Waals surface area contributed by atoms with Gasteiger partial charge in [0.05, 0.1) is 0 Å². The lowest BCUT2D eigenvalue weighted by atomic mass is 9.99. The van der Waals surface area contributed by atoms with E-state index >= 15 is 0 Å². The van der Waals surface area contributed by atoms with Crippen molar-refractivity contribution < 1.29 is 13.2 Å². The molecule has 0 saturated heterocycles. The summed E-state index contributed by atoms with van der Waals surface area (Å²) >= 11 is 0. The van der Waals surface area contributed by atoms with Gasteiger partial charge in [-0.05, 0) is 35.7 Å². The number of nitrogens with two attached hydrogens (primary N) is 1. The number of hydrogen-bond acceptors (Lipinski definition) is 1. The van der Waals surface area contributed by atoms with E-state index in [0.717, 1.165) is 12.1 Å². The SMILES string of the molecule is NC(Cc1ccccc1F)c1ccc(F)c(F)c1. The quantitative estimate of drug-likeness (QED) is 0.889. The summed E-state index contributed by atoms with van der Waals surface area (Å²) in [6.07, 6.45) is 0.234. The fourth-order valence-corrected chi connectivity index (χ4v) is 1.76. The van der Waals surface area contributed by atoms with Gasteiger partial charge in [0, 0.05) is 6.04 Å². The molecule has 18 heavy (non-hydrogen) atoms. The Morgan fingerprint density at radius 3 is 2.28 bits per heavy atom. The van der Waals surface area contributed by atoms with Gasteiger partial charge in [0.2, 0.25) is 0 Å². The average Bonchev–Trinajstić information content (AvgIpc) is 2.35. The van der Waals surface area contributed by atoms with Crippen LogP contribution in [0, 0.1) is 17.5 Å². The van der Waals surface area contributed by atoms with E-state index in [-0.39, 0.29) is 12.2 Å². The lowest BCUT2D eigenvalue weighted by Crippen LogP contribution is -2.14. The van der Waals surface area contributed by atoms with Crippen LogP contribution >= 0.6 is 0 Å². The van der Waals surface area contributed by atoms with Crippen LogP contribution in [-0.2, 0) is 6.42 Å². The Balaban J connectivity index is 2.19. The van der Waals surface area contributed by atoms with Crippen molar-refractivity contribution in [3.8, 4) is 0 Å². The van der Waals surface area contributed by atoms with Gasteiger partial charge >= 0.3 is 0 Å². The van der Waals surface area contributed by atoms with Crippen LogP contribution in [0.5, 0.6) is 0 Å². The predicted molar refractivity (Wildman–Crippen MR) is 63.4 cm³/mol. The molecule has 0 aliphatic rings. The van der Waals surface area contributed by atoms with Crippen molar-refractivity contribution in [1.82, 2.24) is 0 Å². The second kappa shape index (κ2) is 5.23. The van der Waals surface area contributed by atoms with Crippen LogP contribution in [0.1, 0.15) is 17.2 Å². The highest BCUT2D eigenvalue weighted by Gasteiger charge is 2.12. The van der Waals surface area contributed by atoms with Gasteiger partial charge < -0.3 is 5.73 Å². The van der Waals surface area contributed by atoms with Crippen molar-refractivity contribution in [2.24, 2.45) is 5.73 Å². The van der Waals surface area contributed by atoms with Crippen LogP contribution in [0.4, 0.5) is 13.2 Å². The van der Waals surface area contributed by atoms with Gasteiger partial charge in [-0.1, -0.05) is 24.3 Å². The summed E-state index contributed by atoms with van der Waals surface area (Å²) in [4.78, 5) is 0. The lowest BCUT2D eigenvalue weighted by Gasteiger charge is -2.13. The molecule has 2 aromatic carbocycles. The van der Waals surface area contributed by atoms with E-state index in [1.807, 2.05) is 0 Å². The molecule has 0 aliphatic carbocycles. The maximum Gasteiger partial charge on any atom is 0.159 e. The standard InChI is InChI=1S/C14H12F3N/c15-11-4-2-1-3-9(11)8-14(18)10-5-6-12(16)13(17)7-10/h1-7,14H,8,18H2. The Morgan fingerprint density at radius 2 is 1.61 bits per heavy atom. The molecule has 1 nitrogen and oxygen atoms in total. The van der Waals surface area contributed by atoms with Crippen molar-refractivity contribution >= 4 is 0 Å². The fourth-order valence-electron chi connectivity index (χ4n) is 1.76. The molecule has 0 radical (unpaired) electrons. The van der Waals surface area contributed by atoms with E-state index in [2.05, 4.69) is 0 Å². The highest BCUT2D eigenvalue weighted by atomic mass is 19.2. The molecule has 0 heterocycles. The van der Waals surface area contributed by atoms with E-state index in [0.29, 0.717) is 11.1 Å². The Labute approximate surface area is 103 Å². The molecule has 0 saturated carbocycles. The van der Waals surface area contributed by atoms with E-state index < -0.39 is 17.7 Å². The van der Waals surface area contributed by atoms with Gasteiger partial charge in [-0.2, -0.15) is 0 Å². The maximum absolute atomic E-state index is 13.4. The van der Waals surface area contributed by atoms with Crippen LogP contribution in [0.15, 0.2) is 42.5 Å². The molecule has 0 aromatic heterocycles. The summed E-state index contributed by atoms with van der Waals surface area (Å²) < 4.78 is 39.2. The van der Waals surface area contributed by atoms with Gasteiger partial charge in [0.25, 0.3) is 0 Å². The molecule has 2 rings (SSSR count). The molecule has 1 atom stereocenters. The Morgan fingerprint density at radius 1 is 0.889 bits per heavy atom. The zero-order valence-corrected chi connectivity index (χ0v) is 9.54. The second-order valence-corrected chi connectivity index (χ2v) is 4.08. The Hall–Kier alpha value is -1.81. The molecule has 94 valence electrons. The van der Waals surface area contributed by atoms with Crippen LogP contribution in [0.3, 0.4) is 0 Å². The Bertz CT molecular complexity index is 554. The molecule has 0 aliphatic heterocycles. The molecule has 0 spiro atoms. The molecule has 2 N–H and O–H groups in total. The van der Waals surface area contributed by atoms with E-state index in [9.17, 15) is 13.2 Å². The summed E-state index contributed by atoms with van der Waals surface area (Å²) in [6, 6.07) is 9.15. The summed E-state index contributed by atoms with van der Waals surface area (Å²) in [5.74, 6) is -2.22. The number of benzene rings is 2. The highest BCUT2D eigenvalue weighted by Crippen LogP contribution is 2.19. The number of halogens is 3. The molecule has 0 fully saturated rings. The highest BCUT2D eigenvalue weighted by molar-refractivity contribution is 5.25. The molecule has 0 amide bonds. The summed E-state index contributed by atoms with van der Waals surface area (Å²) in [7, 11) is 0. The lowest BCUT2D eigenvalue weighted by molar-refractivity contribution is 0.504. The summed E-state index contributed by atoms with van der Waals surface area (Å²) in [5, 5.41) is 0. The van der Waals surface area contributed by atoms with E-state index in [1.54, 1.807) is 18.2 Å². The number of hydrogen-bond donors (Lipinski definition) is 1. The maximum atomic E-state index is 13.4. The van der Waals surface area contributed by atoms with Crippen molar-refractivity contribution in [1.29, 1.82) is 0 Å². The van der Waals surface area contributed by atoms with Crippen LogP contribution in [-0.4, -0.2) is 0 Å². The monoisotopic (exact) mass is 251 g/mol.